The first kappa shape index (κ1) is 59.7. The highest BCUT2D eigenvalue weighted by molar-refractivity contribution is 5.76. The van der Waals surface area contributed by atoms with Crippen molar-refractivity contribution in [2.45, 2.75) is 227 Å². The van der Waals surface area contributed by atoms with Crippen LogP contribution in [0.2, 0.25) is 0 Å². The molecule has 0 saturated heterocycles. The lowest BCUT2D eigenvalue weighted by Crippen LogP contribution is -2.48. The molecule has 0 heterocycles. The Morgan fingerprint density at radius 2 is 1.03 bits per heavy atom. The van der Waals surface area contributed by atoms with Crippen LogP contribution < -0.4 is 0 Å². The van der Waals surface area contributed by atoms with Gasteiger partial charge in [-0.3, -0.25) is 14.4 Å². The van der Waals surface area contributed by atoms with Crippen LogP contribution in [0.25, 0.3) is 0 Å². The van der Waals surface area contributed by atoms with Gasteiger partial charge in [0.15, 0.2) is 16.8 Å². The lowest BCUT2D eigenvalue weighted by Gasteiger charge is -2.37. The van der Waals surface area contributed by atoms with Crippen molar-refractivity contribution in [3.8, 4) is 0 Å². The van der Waals surface area contributed by atoms with E-state index in [2.05, 4.69) is 0 Å². The maximum atomic E-state index is 13.0. The monoisotopic (exact) mass is 945 g/mol. The van der Waals surface area contributed by atoms with E-state index in [9.17, 15) is 64.1 Å². The summed E-state index contributed by atoms with van der Waals surface area (Å²) in [6, 6.07) is 0. The molecule has 18 heteroatoms. The molecular weight excluding hydrogens is 867 g/mol. The van der Waals surface area contributed by atoms with Crippen molar-refractivity contribution in [1.82, 2.24) is 0 Å². The number of rotatable bonds is 17. The zero-order valence-electron chi connectivity index (χ0n) is 40.0. The molecule has 0 radical (unpaired) electrons. The first-order valence-corrected chi connectivity index (χ1v) is 22.7. The molecule has 64 heavy (non-hydrogen) atoms. The Labute approximate surface area is 374 Å². The van der Waals surface area contributed by atoms with Gasteiger partial charge in [-0.25, -0.2) is 0 Å². The molecule has 3 saturated carbocycles. The Balaban J connectivity index is 0.000000485. The second-order valence-corrected chi connectivity index (χ2v) is 20.9. The van der Waals surface area contributed by atoms with Gasteiger partial charge in [0.2, 0.25) is 0 Å². The van der Waals surface area contributed by atoms with Crippen LogP contribution in [0, 0.1) is 39.9 Å². The molecule has 378 valence electrons. The van der Waals surface area contributed by atoms with E-state index in [1.54, 1.807) is 27.7 Å². The van der Waals surface area contributed by atoms with E-state index in [0.29, 0.717) is 39.0 Å². The second-order valence-electron chi connectivity index (χ2n) is 20.9. The SMILES string of the molecule is CCC(C)(C)C(=O)OC(CC(C)(O)C(F)(F)F)C1CCCCC1.CCC(C)(C)C(=O)OC1CC2CC1CC2CC(C)(O)C(F)(F)F.CCC(C)(C)C(=O)OCCCC(C)(O)C(F)(F)F. The van der Waals surface area contributed by atoms with E-state index in [1.165, 1.54) is 0 Å². The van der Waals surface area contributed by atoms with Crippen molar-refractivity contribution >= 4 is 17.9 Å². The molecule has 0 aliphatic heterocycles. The number of ether oxygens (including phenoxy) is 3. The molecule has 3 aliphatic carbocycles. The van der Waals surface area contributed by atoms with Crippen molar-refractivity contribution in [3.63, 3.8) is 0 Å². The smallest absolute Gasteiger partial charge is 0.417 e. The standard InChI is InChI=1S/C17H27F3O3.C17H29F3O3.C12H21F3O3/c1-5-15(2,3)14(21)23-13-8-10-6-11(13)7-12(10)9-16(4,22)17(18,19)20;1-5-15(2,3)14(21)23-13(12-9-7-6-8-10-12)11-16(4,22)17(18,19)20;1-5-10(2,3)9(16)18-8-6-7-11(4,17)12(13,14)15/h10-13,22H,5-9H2,1-4H3;12-13,22H,5-11H2,1-4H3;17H,5-8H2,1-4H3. The Hall–Kier alpha value is -2.34. The topological polar surface area (TPSA) is 140 Å². The normalized spacial score (nSPS) is 24.4. The van der Waals surface area contributed by atoms with Crippen LogP contribution in [0.1, 0.15) is 179 Å². The Bertz CT molecular complexity index is 1480. The number of esters is 3. The average Bonchev–Trinajstić information content (AvgIpc) is 3.75. The maximum Gasteiger partial charge on any atom is 0.417 e. The van der Waals surface area contributed by atoms with Gasteiger partial charge < -0.3 is 29.5 Å². The number of alkyl halides is 9. The minimum absolute atomic E-state index is 0.0297. The summed E-state index contributed by atoms with van der Waals surface area (Å²) in [6.45, 7) is 18.3. The molecule has 3 aliphatic rings. The van der Waals surface area contributed by atoms with E-state index in [1.807, 2.05) is 34.6 Å². The molecule has 8 unspecified atom stereocenters. The molecule has 3 fully saturated rings. The molecule has 3 N–H and O–H groups in total. The third-order valence-corrected chi connectivity index (χ3v) is 14.1. The molecule has 2 bridgehead atoms. The molecule has 0 aromatic heterocycles. The molecule has 0 spiro atoms. The molecule has 8 atom stereocenters. The first-order chi connectivity index (χ1) is 28.7. The van der Waals surface area contributed by atoms with Gasteiger partial charge in [-0.1, -0.05) is 40.0 Å². The summed E-state index contributed by atoms with van der Waals surface area (Å²) in [5.41, 5.74) is -10.1. The predicted molar refractivity (Wildman–Crippen MR) is 222 cm³/mol. The van der Waals surface area contributed by atoms with Crippen molar-refractivity contribution in [2.24, 2.45) is 39.9 Å². The predicted octanol–water partition coefficient (Wildman–Crippen LogP) is 11.8. The van der Waals surface area contributed by atoms with E-state index in [-0.39, 0.29) is 55.2 Å². The van der Waals surface area contributed by atoms with Crippen molar-refractivity contribution in [1.29, 1.82) is 0 Å². The summed E-state index contributed by atoms with van der Waals surface area (Å²) in [4.78, 5) is 36.0. The summed E-state index contributed by atoms with van der Waals surface area (Å²) in [7, 11) is 0. The molecule has 0 aromatic rings. The fourth-order valence-electron chi connectivity index (χ4n) is 7.63. The van der Waals surface area contributed by atoms with Gasteiger partial charge in [0.1, 0.15) is 12.2 Å². The highest BCUT2D eigenvalue weighted by atomic mass is 19.4. The number of aliphatic hydroxyl groups is 3. The fraction of sp³-hybridized carbons (Fsp3) is 0.935. The van der Waals surface area contributed by atoms with Crippen LogP contribution in [0.15, 0.2) is 0 Å². The van der Waals surface area contributed by atoms with Crippen LogP contribution in [-0.4, -0.2) is 87.4 Å². The fourth-order valence-corrected chi connectivity index (χ4v) is 7.63. The van der Waals surface area contributed by atoms with Gasteiger partial charge in [0.25, 0.3) is 0 Å². The number of halogens is 9. The largest absolute Gasteiger partial charge is 0.465 e. The number of carbonyl (C=O) groups excluding carboxylic acids is 3. The first-order valence-electron chi connectivity index (χ1n) is 22.7. The Morgan fingerprint density at radius 3 is 1.45 bits per heavy atom. The minimum Gasteiger partial charge on any atom is -0.465 e. The van der Waals surface area contributed by atoms with Crippen molar-refractivity contribution in [2.75, 3.05) is 6.61 Å². The lowest BCUT2D eigenvalue weighted by atomic mass is 9.79. The lowest BCUT2D eigenvalue weighted by molar-refractivity contribution is -0.264. The van der Waals surface area contributed by atoms with Gasteiger partial charge >= 0.3 is 36.4 Å². The summed E-state index contributed by atoms with van der Waals surface area (Å²) >= 11 is 0. The number of hydrogen-bond donors (Lipinski definition) is 3. The highest BCUT2D eigenvalue weighted by Crippen LogP contribution is 2.54. The second kappa shape index (κ2) is 22.6. The van der Waals surface area contributed by atoms with Gasteiger partial charge in [-0.05, 0) is 157 Å². The van der Waals surface area contributed by atoms with Gasteiger partial charge in [0.05, 0.1) is 22.9 Å². The third-order valence-electron chi connectivity index (χ3n) is 14.1. The average molecular weight is 945 g/mol. The molecule has 9 nitrogen and oxygen atoms in total. The van der Waals surface area contributed by atoms with Gasteiger partial charge in [-0.2, -0.15) is 39.5 Å². The van der Waals surface area contributed by atoms with Crippen molar-refractivity contribution in [3.05, 3.63) is 0 Å². The van der Waals surface area contributed by atoms with Crippen LogP contribution >= 0.6 is 0 Å². The molecule has 3 rings (SSSR count). The number of hydrogen-bond acceptors (Lipinski definition) is 9. The summed E-state index contributed by atoms with van der Waals surface area (Å²) in [6.07, 6.45) is -8.29. The van der Waals surface area contributed by atoms with Crippen LogP contribution in [0.4, 0.5) is 39.5 Å². The number of fused-ring (bicyclic) bond motifs is 2. The third kappa shape index (κ3) is 17.1. The van der Waals surface area contributed by atoms with Gasteiger partial charge in [-0.15, -0.1) is 0 Å². The van der Waals surface area contributed by atoms with E-state index in [0.717, 1.165) is 52.4 Å². The Kier molecular flexibility index (Phi) is 21.1. The van der Waals surface area contributed by atoms with E-state index in [4.69, 9.17) is 19.3 Å². The summed E-state index contributed by atoms with van der Waals surface area (Å²) in [5, 5.41) is 28.6. The zero-order valence-corrected chi connectivity index (χ0v) is 40.0. The summed E-state index contributed by atoms with van der Waals surface area (Å²) < 4.78 is 130. The number of carbonyl (C=O) groups is 3. The quantitative estimate of drug-likeness (QED) is 0.0563. The van der Waals surface area contributed by atoms with Crippen molar-refractivity contribution < 1.29 is 83.4 Å². The van der Waals surface area contributed by atoms with Crippen LogP contribution in [-0.2, 0) is 28.6 Å². The zero-order chi connectivity index (χ0) is 50.1. The maximum absolute atomic E-state index is 13.0. The van der Waals surface area contributed by atoms with Crippen LogP contribution in [0.3, 0.4) is 0 Å². The molecule has 0 amide bonds. The van der Waals surface area contributed by atoms with Crippen LogP contribution in [0.5, 0.6) is 0 Å². The van der Waals surface area contributed by atoms with E-state index >= 15 is 0 Å². The Morgan fingerprint density at radius 1 is 0.578 bits per heavy atom. The molecular formula is C46H77F9O9. The highest BCUT2D eigenvalue weighted by Gasteiger charge is 2.56. The molecule has 0 aromatic carbocycles. The summed E-state index contributed by atoms with van der Waals surface area (Å²) in [5.74, 6) is -1.18. The van der Waals surface area contributed by atoms with Gasteiger partial charge in [0, 0.05) is 6.42 Å². The minimum atomic E-state index is -4.74. The van der Waals surface area contributed by atoms with E-state index < -0.39 is 82.5 Å².